The SMILES string of the molecule is CC(C)(C)NCc1cccc(N2CCC3CCCCC32)n1. The molecule has 2 fully saturated rings. The van der Waals surface area contributed by atoms with Crippen LogP contribution < -0.4 is 10.2 Å². The third kappa shape index (κ3) is 3.57. The van der Waals surface area contributed by atoms with Gasteiger partial charge in [0, 0.05) is 24.7 Å². The van der Waals surface area contributed by atoms with E-state index >= 15 is 0 Å². The fraction of sp³-hybridized carbons (Fsp3) is 0.722. The summed E-state index contributed by atoms with van der Waals surface area (Å²) in [6.45, 7) is 8.63. The minimum Gasteiger partial charge on any atom is -0.353 e. The van der Waals surface area contributed by atoms with Gasteiger partial charge in [0.25, 0.3) is 0 Å². The lowest BCUT2D eigenvalue weighted by Gasteiger charge is -2.32. The highest BCUT2D eigenvalue weighted by atomic mass is 15.2. The molecule has 0 aromatic carbocycles. The van der Waals surface area contributed by atoms with E-state index in [1.807, 2.05) is 0 Å². The van der Waals surface area contributed by atoms with Crippen molar-refractivity contribution in [2.24, 2.45) is 5.92 Å². The van der Waals surface area contributed by atoms with Gasteiger partial charge in [-0.1, -0.05) is 18.9 Å². The second-order valence-electron chi connectivity index (χ2n) is 7.68. The second-order valence-corrected chi connectivity index (χ2v) is 7.68. The summed E-state index contributed by atoms with van der Waals surface area (Å²) in [5, 5.41) is 3.53. The second kappa shape index (κ2) is 5.96. The van der Waals surface area contributed by atoms with Crippen LogP contribution in [0.2, 0.25) is 0 Å². The molecule has 3 nitrogen and oxygen atoms in total. The summed E-state index contributed by atoms with van der Waals surface area (Å²) in [6, 6.07) is 7.24. The largest absolute Gasteiger partial charge is 0.353 e. The molecule has 0 spiro atoms. The first-order chi connectivity index (χ1) is 10.0. The third-order valence-electron chi connectivity index (χ3n) is 4.90. The Morgan fingerprint density at radius 1 is 1.19 bits per heavy atom. The summed E-state index contributed by atoms with van der Waals surface area (Å²) in [6.07, 6.45) is 6.96. The monoisotopic (exact) mass is 287 g/mol. The van der Waals surface area contributed by atoms with Gasteiger partial charge in [0.2, 0.25) is 0 Å². The van der Waals surface area contributed by atoms with E-state index in [9.17, 15) is 0 Å². The first kappa shape index (κ1) is 14.8. The maximum absolute atomic E-state index is 4.91. The highest BCUT2D eigenvalue weighted by Gasteiger charge is 2.36. The van der Waals surface area contributed by atoms with E-state index in [1.54, 1.807) is 0 Å². The molecule has 2 aliphatic rings. The average Bonchev–Trinajstić information content (AvgIpc) is 2.89. The van der Waals surface area contributed by atoms with E-state index in [0.29, 0.717) is 0 Å². The van der Waals surface area contributed by atoms with Gasteiger partial charge >= 0.3 is 0 Å². The van der Waals surface area contributed by atoms with Gasteiger partial charge in [-0.2, -0.15) is 0 Å². The summed E-state index contributed by atoms with van der Waals surface area (Å²) in [4.78, 5) is 7.49. The number of hydrogen-bond donors (Lipinski definition) is 1. The Labute approximate surface area is 129 Å². The molecule has 1 saturated carbocycles. The smallest absolute Gasteiger partial charge is 0.129 e. The Hall–Kier alpha value is -1.09. The van der Waals surface area contributed by atoms with Crippen LogP contribution in [0.1, 0.15) is 58.6 Å². The van der Waals surface area contributed by atoms with Crippen molar-refractivity contribution < 1.29 is 0 Å². The molecule has 0 radical (unpaired) electrons. The van der Waals surface area contributed by atoms with Crippen molar-refractivity contribution in [3.8, 4) is 0 Å². The Morgan fingerprint density at radius 3 is 2.81 bits per heavy atom. The van der Waals surface area contributed by atoms with E-state index in [1.165, 1.54) is 44.5 Å². The number of fused-ring (bicyclic) bond motifs is 1. The number of nitrogens with zero attached hydrogens (tertiary/aromatic N) is 2. The molecule has 1 N–H and O–H groups in total. The van der Waals surface area contributed by atoms with Crippen LogP contribution in [0.25, 0.3) is 0 Å². The molecule has 21 heavy (non-hydrogen) atoms. The zero-order valence-electron chi connectivity index (χ0n) is 13.7. The van der Waals surface area contributed by atoms with Crippen molar-refractivity contribution >= 4 is 5.82 Å². The molecule has 1 aliphatic carbocycles. The summed E-state index contributed by atoms with van der Waals surface area (Å²) in [7, 11) is 0. The number of anilines is 1. The highest BCUT2D eigenvalue weighted by molar-refractivity contribution is 5.42. The van der Waals surface area contributed by atoms with Gasteiger partial charge in [-0.3, -0.25) is 0 Å². The molecule has 116 valence electrons. The molecule has 1 aromatic heterocycles. The number of aromatic nitrogens is 1. The molecule has 0 bridgehead atoms. The van der Waals surface area contributed by atoms with Crippen LogP contribution in [0.4, 0.5) is 5.82 Å². The highest BCUT2D eigenvalue weighted by Crippen LogP contribution is 2.38. The average molecular weight is 287 g/mol. The molecule has 2 unspecified atom stereocenters. The van der Waals surface area contributed by atoms with Crippen LogP contribution in [-0.4, -0.2) is 23.1 Å². The summed E-state index contributed by atoms with van der Waals surface area (Å²) < 4.78 is 0. The lowest BCUT2D eigenvalue weighted by molar-refractivity contribution is 0.341. The standard InChI is InChI=1S/C18H29N3/c1-18(2,3)19-13-15-8-6-10-17(20-15)21-12-11-14-7-4-5-9-16(14)21/h6,8,10,14,16,19H,4-5,7,9,11-13H2,1-3H3. The predicted octanol–water partition coefficient (Wildman–Crippen LogP) is 3.74. The fourth-order valence-electron chi connectivity index (χ4n) is 3.77. The fourth-order valence-corrected chi connectivity index (χ4v) is 3.77. The summed E-state index contributed by atoms with van der Waals surface area (Å²) in [5.41, 5.74) is 1.29. The van der Waals surface area contributed by atoms with Crippen molar-refractivity contribution in [3.05, 3.63) is 23.9 Å². The zero-order valence-corrected chi connectivity index (χ0v) is 13.7. The first-order valence-electron chi connectivity index (χ1n) is 8.50. The summed E-state index contributed by atoms with van der Waals surface area (Å²) >= 11 is 0. The molecule has 1 aliphatic heterocycles. The molecular formula is C18H29N3. The van der Waals surface area contributed by atoms with E-state index in [-0.39, 0.29) is 5.54 Å². The molecule has 1 saturated heterocycles. The molecule has 3 rings (SSSR count). The van der Waals surface area contributed by atoms with Crippen LogP contribution in [-0.2, 0) is 6.54 Å². The molecule has 0 amide bonds. The predicted molar refractivity (Wildman–Crippen MR) is 88.5 cm³/mol. The normalized spacial score (nSPS) is 26.0. The van der Waals surface area contributed by atoms with E-state index in [2.05, 4.69) is 49.2 Å². The molecular weight excluding hydrogens is 258 g/mol. The number of pyridine rings is 1. The van der Waals surface area contributed by atoms with Crippen LogP contribution in [0, 0.1) is 5.92 Å². The maximum atomic E-state index is 4.91. The van der Waals surface area contributed by atoms with Crippen LogP contribution in [0.3, 0.4) is 0 Å². The quantitative estimate of drug-likeness (QED) is 0.918. The molecule has 1 aromatic rings. The molecule has 2 atom stereocenters. The van der Waals surface area contributed by atoms with E-state index < -0.39 is 0 Å². The minimum absolute atomic E-state index is 0.139. The number of hydrogen-bond acceptors (Lipinski definition) is 3. The van der Waals surface area contributed by atoms with Gasteiger partial charge < -0.3 is 10.2 Å². The van der Waals surface area contributed by atoms with Crippen LogP contribution in [0.15, 0.2) is 18.2 Å². The summed E-state index contributed by atoms with van der Waals surface area (Å²) in [5.74, 6) is 2.11. The van der Waals surface area contributed by atoms with Gasteiger partial charge in [-0.15, -0.1) is 0 Å². The van der Waals surface area contributed by atoms with E-state index in [4.69, 9.17) is 4.98 Å². The Bertz CT molecular complexity index is 478. The topological polar surface area (TPSA) is 28.2 Å². The maximum Gasteiger partial charge on any atom is 0.129 e. The van der Waals surface area contributed by atoms with Gasteiger partial charge in [-0.25, -0.2) is 4.98 Å². The van der Waals surface area contributed by atoms with Gasteiger partial charge in [0.1, 0.15) is 5.82 Å². The van der Waals surface area contributed by atoms with Crippen molar-refractivity contribution in [1.29, 1.82) is 0 Å². The van der Waals surface area contributed by atoms with Crippen molar-refractivity contribution in [2.45, 2.75) is 71.0 Å². The van der Waals surface area contributed by atoms with E-state index in [0.717, 1.165) is 24.2 Å². The third-order valence-corrected chi connectivity index (χ3v) is 4.90. The van der Waals surface area contributed by atoms with Crippen LogP contribution in [0.5, 0.6) is 0 Å². The van der Waals surface area contributed by atoms with Crippen molar-refractivity contribution in [2.75, 3.05) is 11.4 Å². The van der Waals surface area contributed by atoms with Gasteiger partial charge in [0.15, 0.2) is 0 Å². The number of rotatable bonds is 3. The zero-order chi connectivity index (χ0) is 14.9. The Balaban J connectivity index is 1.71. The first-order valence-corrected chi connectivity index (χ1v) is 8.50. The minimum atomic E-state index is 0.139. The van der Waals surface area contributed by atoms with Crippen LogP contribution >= 0.6 is 0 Å². The molecule has 2 heterocycles. The van der Waals surface area contributed by atoms with Crippen molar-refractivity contribution in [3.63, 3.8) is 0 Å². The lowest BCUT2D eigenvalue weighted by atomic mass is 9.85. The Kier molecular flexibility index (Phi) is 4.21. The number of nitrogens with one attached hydrogen (secondary N) is 1. The van der Waals surface area contributed by atoms with Crippen molar-refractivity contribution in [1.82, 2.24) is 10.3 Å². The Morgan fingerprint density at radius 2 is 2.00 bits per heavy atom. The molecule has 3 heteroatoms. The van der Waals surface area contributed by atoms with Gasteiger partial charge in [-0.05, 0) is 58.1 Å². The van der Waals surface area contributed by atoms with Gasteiger partial charge in [0.05, 0.1) is 5.69 Å². The lowest BCUT2D eigenvalue weighted by Crippen LogP contribution is -2.36.